The van der Waals surface area contributed by atoms with Crippen molar-refractivity contribution in [2.45, 2.75) is 31.7 Å². The summed E-state index contributed by atoms with van der Waals surface area (Å²) >= 11 is 0. The van der Waals surface area contributed by atoms with Gasteiger partial charge in [-0.15, -0.1) is 0 Å². The topological polar surface area (TPSA) is 50.8 Å². The van der Waals surface area contributed by atoms with Crippen LogP contribution in [-0.2, 0) is 0 Å². The predicted octanol–water partition coefficient (Wildman–Crippen LogP) is 3.68. The van der Waals surface area contributed by atoms with Crippen LogP contribution in [0.4, 0.5) is 0 Å². The Labute approximate surface area is 134 Å². The molecule has 3 aromatic rings. The van der Waals surface area contributed by atoms with Crippen molar-refractivity contribution in [3.63, 3.8) is 0 Å². The Kier molecular flexibility index (Phi) is 3.61. The quantitative estimate of drug-likeness (QED) is 0.725. The molecule has 118 valence electrons. The molecule has 1 aliphatic rings. The molecule has 0 spiro atoms. The number of amides is 1. The molecule has 0 N–H and O–H groups in total. The molecule has 1 saturated heterocycles. The molecule has 0 radical (unpaired) electrons. The normalized spacial score (nSPS) is 19.0. The molecular weight excluding hydrogens is 290 g/mol. The molecule has 23 heavy (non-hydrogen) atoms. The molecule has 5 heteroatoms. The molecule has 4 rings (SSSR count). The molecule has 0 aliphatic carbocycles. The number of hydrogen-bond donors (Lipinski definition) is 0. The number of furan rings is 1. The number of hydrogen-bond acceptors (Lipinski definition) is 3. The first-order chi connectivity index (χ1) is 11.3. The Hall–Kier alpha value is -2.56. The second-order valence-electron chi connectivity index (χ2n) is 5.99. The van der Waals surface area contributed by atoms with Gasteiger partial charge in [-0.3, -0.25) is 4.79 Å². The lowest BCUT2D eigenvalue weighted by atomic mass is 10.1. The van der Waals surface area contributed by atoms with Gasteiger partial charge in [0.15, 0.2) is 0 Å². The Morgan fingerprint density at radius 2 is 2.17 bits per heavy atom. The van der Waals surface area contributed by atoms with Gasteiger partial charge >= 0.3 is 0 Å². The van der Waals surface area contributed by atoms with Crippen LogP contribution in [0.5, 0.6) is 0 Å². The van der Waals surface area contributed by atoms with Crippen molar-refractivity contribution in [2.24, 2.45) is 0 Å². The van der Waals surface area contributed by atoms with Gasteiger partial charge in [-0.1, -0.05) is 12.8 Å². The van der Waals surface area contributed by atoms with Gasteiger partial charge in [0, 0.05) is 25.1 Å². The summed E-state index contributed by atoms with van der Waals surface area (Å²) in [6.07, 6.45) is 11.4. The fourth-order valence-electron chi connectivity index (χ4n) is 3.34. The minimum absolute atomic E-state index is 0.0264. The van der Waals surface area contributed by atoms with E-state index in [0.717, 1.165) is 43.6 Å². The number of fused-ring (bicyclic) bond motifs is 1. The van der Waals surface area contributed by atoms with E-state index in [0.29, 0.717) is 5.56 Å². The summed E-state index contributed by atoms with van der Waals surface area (Å²) in [4.78, 5) is 19.3. The Bertz CT molecular complexity index is 807. The van der Waals surface area contributed by atoms with E-state index in [1.807, 2.05) is 46.0 Å². The van der Waals surface area contributed by atoms with Crippen molar-refractivity contribution in [3.8, 4) is 0 Å². The van der Waals surface area contributed by atoms with Crippen LogP contribution in [0, 0.1) is 0 Å². The number of pyridine rings is 1. The van der Waals surface area contributed by atoms with Crippen LogP contribution in [0.1, 0.15) is 47.8 Å². The highest BCUT2D eigenvalue weighted by Crippen LogP contribution is 2.31. The van der Waals surface area contributed by atoms with Gasteiger partial charge in [0.25, 0.3) is 5.91 Å². The third-order valence-electron chi connectivity index (χ3n) is 4.52. The summed E-state index contributed by atoms with van der Waals surface area (Å²) in [7, 11) is 0. The van der Waals surface area contributed by atoms with Crippen LogP contribution in [-0.4, -0.2) is 26.7 Å². The molecule has 1 aliphatic heterocycles. The molecule has 0 bridgehead atoms. The largest absolute Gasteiger partial charge is 0.467 e. The monoisotopic (exact) mass is 309 g/mol. The fraction of sp³-hybridized carbons (Fsp3) is 0.333. The molecule has 4 heterocycles. The van der Waals surface area contributed by atoms with Gasteiger partial charge in [-0.2, -0.15) is 0 Å². The van der Waals surface area contributed by atoms with Gasteiger partial charge in [0.1, 0.15) is 11.4 Å². The lowest BCUT2D eigenvalue weighted by Gasteiger charge is -2.28. The maximum atomic E-state index is 13.1. The van der Waals surface area contributed by atoms with Crippen molar-refractivity contribution in [2.75, 3.05) is 6.54 Å². The highest BCUT2D eigenvalue weighted by molar-refractivity contribution is 5.94. The average molecular weight is 309 g/mol. The smallest absolute Gasteiger partial charge is 0.255 e. The van der Waals surface area contributed by atoms with Gasteiger partial charge in [-0.25, -0.2) is 4.98 Å². The second kappa shape index (κ2) is 5.91. The Balaban J connectivity index is 1.68. The van der Waals surface area contributed by atoms with E-state index < -0.39 is 0 Å². The lowest BCUT2D eigenvalue weighted by Crippen LogP contribution is -2.34. The summed E-state index contributed by atoms with van der Waals surface area (Å²) in [5, 5.41) is 0. The molecule has 1 fully saturated rings. The summed E-state index contributed by atoms with van der Waals surface area (Å²) in [5.41, 5.74) is 1.54. The molecular formula is C18H19N3O2. The van der Waals surface area contributed by atoms with Gasteiger partial charge in [-0.05, 0) is 37.1 Å². The van der Waals surface area contributed by atoms with Crippen LogP contribution in [0.3, 0.4) is 0 Å². The van der Waals surface area contributed by atoms with E-state index >= 15 is 0 Å². The number of likely N-dealkylation sites (tertiary alicyclic amines) is 1. The zero-order chi connectivity index (χ0) is 15.6. The van der Waals surface area contributed by atoms with Gasteiger partial charge in [0.2, 0.25) is 0 Å². The minimum Gasteiger partial charge on any atom is -0.467 e. The molecule has 5 nitrogen and oxygen atoms in total. The molecule has 0 saturated carbocycles. The molecule has 1 amide bonds. The highest BCUT2D eigenvalue weighted by atomic mass is 16.3. The summed E-state index contributed by atoms with van der Waals surface area (Å²) < 4.78 is 7.48. The van der Waals surface area contributed by atoms with Crippen LogP contribution < -0.4 is 0 Å². The van der Waals surface area contributed by atoms with E-state index in [1.54, 1.807) is 12.5 Å². The van der Waals surface area contributed by atoms with E-state index in [2.05, 4.69) is 4.98 Å². The van der Waals surface area contributed by atoms with Crippen LogP contribution in [0.25, 0.3) is 5.65 Å². The van der Waals surface area contributed by atoms with Crippen molar-refractivity contribution in [1.82, 2.24) is 14.3 Å². The first-order valence-electron chi connectivity index (χ1n) is 8.10. The summed E-state index contributed by atoms with van der Waals surface area (Å²) in [6, 6.07) is 7.62. The highest BCUT2D eigenvalue weighted by Gasteiger charge is 2.29. The SMILES string of the molecule is O=C(c1ccc2nccn2c1)N1CCCCC[C@H]1c1ccco1. The lowest BCUT2D eigenvalue weighted by molar-refractivity contribution is 0.0658. The van der Waals surface area contributed by atoms with Gasteiger partial charge < -0.3 is 13.7 Å². The molecule has 0 unspecified atom stereocenters. The Morgan fingerprint density at radius 3 is 3.04 bits per heavy atom. The molecule has 3 aromatic heterocycles. The number of imidazole rings is 1. The van der Waals surface area contributed by atoms with E-state index in [4.69, 9.17) is 4.42 Å². The van der Waals surface area contributed by atoms with Crippen molar-refractivity contribution >= 4 is 11.6 Å². The van der Waals surface area contributed by atoms with Gasteiger partial charge in [0.05, 0.1) is 17.9 Å². The second-order valence-corrected chi connectivity index (χ2v) is 5.99. The maximum absolute atomic E-state index is 13.1. The molecule has 1 atom stereocenters. The third-order valence-corrected chi connectivity index (χ3v) is 4.52. The first kappa shape index (κ1) is 14.1. The first-order valence-corrected chi connectivity index (χ1v) is 8.10. The molecule has 0 aromatic carbocycles. The number of aromatic nitrogens is 2. The average Bonchev–Trinajstić information content (AvgIpc) is 3.21. The zero-order valence-electron chi connectivity index (χ0n) is 12.9. The van der Waals surface area contributed by atoms with Crippen LogP contribution >= 0.6 is 0 Å². The standard InChI is InChI=1S/C18H19N3O2/c22-18(14-7-8-17-19-9-11-20(17)13-14)21-10-3-1-2-5-15(21)16-6-4-12-23-16/h4,6-9,11-13,15H,1-3,5,10H2/t15-/m0/s1. The Morgan fingerprint density at radius 1 is 1.22 bits per heavy atom. The zero-order valence-corrected chi connectivity index (χ0v) is 12.9. The number of rotatable bonds is 2. The minimum atomic E-state index is 0.0264. The van der Waals surface area contributed by atoms with Crippen molar-refractivity contribution in [1.29, 1.82) is 0 Å². The van der Waals surface area contributed by atoms with E-state index in [-0.39, 0.29) is 11.9 Å². The maximum Gasteiger partial charge on any atom is 0.255 e. The predicted molar refractivity (Wildman–Crippen MR) is 86.1 cm³/mol. The van der Waals surface area contributed by atoms with Crippen molar-refractivity contribution < 1.29 is 9.21 Å². The summed E-state index contributed by atoms with van der Waals surface area (Å²) in [6.45, 7) is 0.770. The number of nitrogens with zero attached hydrogens (tertiary/aromatic N) is 3. The van der Waals surface area contributed by atoms with Crippen LogP contribution in [0.15, 0.2) is 53.5 Å². The van der Waals surface area contributed by atoms with E-state index in [1.165, 1.54) is 0 Å². The fourth-order valence-corrected chi connectivity index (χ4v) is 3.34. The third kappa shape index (κ3) is 2.63. The van der Waals surface area contributed by atoms with E-state index in [9.17, 15) is 4.79 Å². The van der Waals surface area contributed by atoms with Crippen molar-refractivity contribution in [3.05, 3.63) is 60.4 Å². The number of carbonyl (C=O) groups excluding carboxylic acids is 1. The number of carbonyl (C=O) groups is 1. The van der Waals surface area contributed by atoms with Crippen LogP contribution in [0.2, 0.25) is 0 Å². The summed E-state index contributed by atoms with van der Waals surface area (Å²) in [5.74, 6) is 0.938.